The van der Waals surface area contributed by atoms with Crippen LogP contribution in [0.15, 0.2) is 71.6 Å². The van der Waals surface area contributed by atoms with Gasteiger partial charge in [0.1, 0.15) is 11.9 Å². The van der Waals surface area contributed by atoms with Crippen molar-refractivity contribution in [2.75, 3.05) is 36.8 Å². The number of carbonyl (C=O) groups is 2. The number of thioether (sulfide) groups is 1. The van der Waals surface area contributed by atoms with E-state index in [2.05, 4.69) is 59.3 Å². The van der Waals surface area contributed by atoms with Crippen LogP contribution in [0.2, 0.25) is 0 Å². The Bertz CT molecular complexity index is 1440. The van der Waals surface area contributed by atoms with Crippen molar-refractivity contribution in [3.8, 4) is 0 Å². The van der Waals surface area contributed by atoms with Gasteiger partial charge in [0.2, 0.25) is 11.8 Å². The van der Waals surface area contributed by atoms with Crippen LogP contribution in [0.1, 0.15) is 13.8 Å². The highest BCUT2D eigenvalue weighted by molar-refractivity contribution is 7.99. The number of nitrogens with one attached hydrogen (secondary N) is 1. The summed E-state index contributed by atoms with van der Waals surface area (Å²) in [6.07, 6.45) is 0. The number of hydrogen-bond donors (Lipinski definition) is 1. The van der Waals surface area contributed by atoms with Crippen LogP contribution in [0, 0.1) is 5.82 Å². The Morgan fingerprint density at radius 2 is 1.65 bits per heavy atom. The Morgan fingerprint density at radius 1 is 0.946 bits per heavy atom. The quantitative estimate of drug-likeness (QED) is 0.354. The SMILES string of the molecule is CCn1c2ccccc2c2cc(SCC(NC(C)=O)C(=O)N3CCN(c4ccccc4F)CC3)ccc21. The smallest absolute Gasteiger partial charge is 0.246 e. The van der Waals surface area contributed by atoms with Crippen LogP contribution < -0.4 is 10.2 Å². The van der Waals surface area contributed by atoms with Crippen molar-refractivity contribution in [1.82, 2.24) is 14.8 Å². The molecule has 0 bridgehead atoms. The lowest BCUT2D eigenvalue weighted by Crippen LogP contribution is -2.55. The first-order valence-electron chi connectivity index (χ1n) is 12.7. The summed E-state index contributed by atoms with van der Waals surface area (Å²) in [5.74, 6) is -0.150. The molecule has 0 saturated carbocycles. The number of rotatable bonds is 7. The summed E-state index contributed by atoms with van der Waals surface area (Å²) in [5.41, 5.74) is 2.96. The molecule has 4 aromatic rings. The van der Waals surface area contributed by atoms with Gasteiger partial charge in [-0.1, -0.05) is 30.3 Å². The molecule has 5 rings (SSSR count). The highest BCUT2D eigenvalue weighted by Gasteiger charge is 2.29. The minimum atomic E-state index is -0.629. The summed E-state index contributed by atoms with van der Waals surface area (Å²) in [6.45, 7) is 6.53. The summed E-state index contributed by atoms with van der Waals surface area (Å²) in [7, 11) is 0. The van der Waals surface area contributed by atoms with Crippen molar-refractivity contribution in [1.29, 1.82) is 0 Å². The van der Waals surface area contributed by atoms with E-state index in [1.807, 2.05) is 11.0 Å². The summed E-state index contributed by atoms with van der Waals surface area (Å²) in [4.78, 5) is 30.1. The second kappa shape index (κ2) is 10.8. The van der Waals surface area contributed by atoms with E-state index in [0.29, 0.717) is 37.6 Å². The molecule has 0 aliphatic carbocycles. The van der Waals surface area contributed by atoms with E-state index in [1.54, 1.807) is 28.8 Å². The lowest BCUT2D eigenvalue weighted by molar-refractivity contribution is -0.135. The molecule has 1 fully saturated rings. The van der Waals surface area contributed by atoms with E-state index in [4.69, 9.17) is 0 Å². The van der Waals surface area contributed by atoms with Gasteiger partial charge in [-0.25, -0.2) is 4.39 Å². The maximum Gasteiger partial charge on any atom is 0.246 e. The molecule has 1 unspecified atom stereocenters. The lowest BCUT2D eigenvalue weighted by atomic mass is 10.1. The molecule has 1 N–H and O–H groups in total. The summed E-state index contributed by atoms with van der Waals surface area (Å²) < 4.78 is 16.5. The van der Waals surface area contributed by atoms with Gasteiger partial charge < -0.3 is 19.7 Å². The number of para-hydroxylation sites is 2. The summed E-state index contributed by atoms with van der Waals surface area (Å²) in [6, 6.07) is 20.9. The predicted molar refractivity (Wildman–Crippen MR) is 149 cm³/mol. The number of nitrogens with zero attached hydrogens (tertiary/aromatic N) is 3. The zero-order chi connectivity index (χ0) is 25.9. The minimum Gasteiger partial charge on any atom is -0.366 e. The minimum absolute atomic E-state index is 0.0976. The molecular weight excluding hydrogens is 487 g/mol. The maximum absolute atomic E-state index is 14.2. The third-order valence-electron chi connectivity index (χ3n) is 6.94. The average molecular weight is 519 g/mol. The van der Waals surface area contributed by atoms with Crippen LogP contribution >= 0.6 is 11.8 Å². The third kappa shape index (κ3) is 5.16. The third-order valence-corrected chi connectivity index (χ3v) is 8.02. The molecule has 192 valence electrons. The normalized spacial score (nSPS) is 14.8. The van der Waals surface area contributed by atoms with E-state index < -0.39 is 6.04 Å². The number of benzene rings is 3. The monoisotopic (exact) mass is 518 g/mol. The standard InChI is InChI=1S/C29H31FN4O2S/c1-3-34-26-10-6-4-8-22(26)23-18-21(12-13-27(23)34)37-19-25(31-20(2)35)29(36)33-16-14-32(15-17-33)28-11-7-5-9-24(28)30/h4-13,18,25H,3,14-17,19H2,1-2H3,(H,31,35). The van der Waals surface area contributed by atoms with E-state index >= 15 is 0 Å². The van der Waals surface area contributed by atoms with Crippen molar-refractivity contribution in [2.45, 2.75) is 31.3 Å². The number of amides is 2. The second-order valence-corrected chi connectivity index (χ2v) is 10.4. The van der Waals surface area contributed by atoms with Gasteiger partial charge in [-0.15, -0.1) is 11.8 Å². The molecule has 2 heterocycles. The van der Waals surface area contributed by atoms with Gasteiger partial charge in [0.05, 0.1) is 5.69 Å². The van der Waals surface area contributed by atoms with E-state index in [1.165, 1.54) is 34.8 Å². The zero-order valence-corrected chi connectivity index (χ0v) is 21.9. The number of aromatic nitrogens is 1. The van der Waals surface area contributed by atoms with Crippen LogP contribution in [-0.2, 0) is 16.1 Å². The fourth-order valence-corrected chi connectivity index (χ4v) is 6.11. The summed E-state index contributed by atoms with van der Waals surface area (Å²) >= 11 is 1.57. The first-order valence-corrected chi connectivity index (χ1v) is 13.6. The number of aryl methyl sites for hydroxylation is 1. The van der Waals surface area contributed by atoms with Crippen molar-refractivity contribution < 1.29 is 14.0 Å². The Morgan fingerprint density at radius 3 is 2.38 bits per heavy atom. The molecule has 0 radical (unpaired) electrons. The molecule has 1 saturated heterocycles. The maximum atomic E-state index is 14.2. The molecule has 0 spiro atoms. The van der Waals surface area contributed by atoms with Crippen molar-refractivity contribution in [3.05, 3.63) is 72.5 Å². The van der Waals surface area contributed by atoms with Gasteiger partial charge >= 0.3 is 0 Å². The molecule has 8 heteroatoms. The topological polar surface area (TPSA) is 57.6 Å². The van der Waals surface area contributed by atoms with E-state index in [-0.39, 0.29) is 17.6 Å². The van der Waals surface area contributed by atoms with Crippen molar-refractivity contribution >= 4 is 51.1 Å². The molecule has 1 atom stereocenters. The highest BCUT2D eigenvalue weighted by Crippen LogP contribution is 2.32. The Labute approximate surface area is 220 Å². The molecule has 2 amide bonds. The van der Waals surface area contributed by atoms with Gasteiger partial charge in [0, 0.05) is 72.1 Å². The number of fused-ring (bicyclic) bond motifs is 3. The van der Waals surface area contributed by atoms with Crippen LogP contribution in [0.25, 0.3) is 21.8 Å². The van der Waals surface area contributed by atoms with Crippen LogP contribution in [0.4, 0.5) is 10.1 Å². The first kappa shape index (κ1) is 25.1. The molecular formula is C29H31FN4O2S. The van der Waals surface area contributed by atoms with Crippen LogP contribution in [0.5, 0.6) is 0 Å². The Kier molecular flexibility index (Phi) is 7.37. The Balaban J connectivity index is 1.29. The van der Waals surface area contributed by atoms with Gasteiger partial charge in [0.25, 0.3) is 0 Å². The van der Waals surface area contributed by atoms with Gasteiger partial charge in [-0.05, 0) is 43.3 Å². The average Bonchev–Trinajstić information content (AvgIpc) is 3.24. The number of piperazine rings is 1. The van der Waals surface area contributed by atoms with Crippen LogP contribution in [0.3, 0.4) is 0 Å². The summed E-state index contributed by atoms with van der Waals surface area (Å²) in [5, 5.41) is 5.25. The van der Waals surface area contributed by atoms with Gasteiger partial charge in [-0.3, -0.25) is 9.59 Å². The fraction of sp³-hybridized carbons (Fsp3) is 0.310. The predicted octanol–water partition coefficient (Wildman–Crippen LogP) is 4.90. The largest absolute Gasteiger partial charge is 0.366 e. The zero-order valence-electron chi connectivity index (χ0n) is 21.1. The number of carbonyl (C=O) groups excluding carboxylic acids is 2. The molecule has 1 aliphatic heterocycles. The van der Waals surface area contributed by atoms with Crippen molar-refractivity contribution in [3.63, 3.8) is 0 Å². The van der Waals surface area contributed by atoms with Gasteiger partial charge in [0.15, 0.2) is 0 Å². The van der Waals surface area contributed by atoms with Crippen molar-refractivity contribution in [2.24, 2.45) is 0 Å². The number of hydrogen-bond acceptors (Lipinski definition) is 4. The second-order valence-electron chi connectivity index (χ2n) is 9.27. The highest BCUT2D eigenvalue weighted by atomic mass is 32.2. The molecule has 1 aromatic heterocycles. The molecule has 1 aliphatic rings. The first-order chi connectivity index (χ1) is 18.0. The number of halogens is 1. The lowest BCUT2D eigenvalue weighted by Gasteiger charge is -2.37. The molecule has 3 aromatic carbocycles. The van der Waals surface area contributed by atoms with E-state index in [9.17, 15) is 14.0 Å². The van der Waals surface area contributed by atoms with E-state index in [0.717, 1.165) is 11.4 Å². The number of anilines is 1. The Hall–Kier alpha value is -3.52. The van der Waals surface area contributed by atoms with Crippen LogP contribution in [-0.4, -0.2) is 59.3 Å². The van der Waals surface area contributed by atoms with Gasteiger partial charge in [-0.2, -0.15) is 0 Å². The molecule has 37 heavy (non-hydrogen) atoms. The molecule has 6 nitrogen and oxygen atoms in total. The fourth-order valence-electron chi connectivity index (χ4n) is 5.16.